The normalized spacial score (nSPS) is 12.8. The molecule has 0 amide bonds. The Labute approximate surface area is 80.6 Å². The molecule has 0 aromatic rings. The van der Waals surface area contributed by atoms with E-state index in [1.165, 1.54) is 6.92 Å². The van der Waals surface area contributed by atoms with E-state index >= 15 is 0 Å². The van der Waals surface area contributed by atoms with Crippen LogP contribution in [0.1, 0.15) is 6.92 Å². The van der Waals surface area contributed by atoms with E-state index in [-0.39, 0.29) is 25.7 Å². The number of hydrogen-bond donors (Lipinski definition) is 2. The molecule has 1 unspecified atom stereocenters. The van der Waals surface area contributed by atoms with E-state index in [0.717, 1.165) is 0 Å². The van der Waals surface area contributed by atoms with E-state index in [9.17, 15) is 10.1 Å². The summed E-state index contributed by atoms with van der Waals surface area (Å²) in [6, 6.07) is -1.23. The molecule has 0 aliphatic carbocycles. The van der Waals surface area contributed by atoms with Crippen molar-refractivity contribution in [1.82, 2.24) is 0 Å². The van der Waals surface area contributed by atoms with Crippen LogP contribution in [-0.2, 0) is 31.5 Å². The minimum absolute atomic E-state index is 0. The zero-order valence-corrected chi connectivity index (χ0v) is 9.99. The summed E-state index contributed by atoms with van der Waals surface area (Å²) in [5.74, 6) is -1.15. The predicted molar refractivity (Wildman–Crippen MR) is 32.8 cm³/mol. The van der Waals surface area contributed by atoms with Crippen LogP contribution in [0.3, 0.4) is 0 Å². The van der Waals surface area contributed by atoms with Gasteiger partial charge in [0.05, 0.1) is 6.10 Å². The van der Waals surface area contributed by atoms with Crippen LogP contribution in [0.25, 0.3) is 0 Å². The average Bonchev–Trinajstić information content (AvgIpc) is 2.05. The van der Waals surface area contributed by atoms with E-state index in [1.807, 2.05) is 0 Å². The van der Waals surface area contributed by atoms with Crippen LogP contribution < -0.4 is 11.0 Å². The summed E-state index contributed by atoms with van der Waals surface area (Å²) in [7, 11) is 0. The van der Waals surface area contributed by atoms with Crippen molar-refractivity contribution >= 4 is 5.97 Å². The van der Waals surface area contributed by atoms with Gasteiger partial charge in [0.25, 0.3) is 0 Å². The van der Waals surface area contributed by atoms with E-state index in [2.05, 4.69) is 4.89 Å². The summed E-state index contributed by atoms with van der Waals surface area (Å²) in [6.07, 6.45) is -1.05. The summed E-state index contributed by atoms with van der Waals surface area (Å²) < 4.78 is 8.38. The van der Waals surface area contributed by atoms with Crippen LogP contribution in [0.4, 0.5) is 0 Å². The molecule has 0 fully saturated rings. The molecule has 0 heterocycles. The maximum atomic E-state index is 10.1. The van der Waals surface area contributed by atoms with Crippen LogP contribution in [0.5, 0.6) is 0 Å². The Morgan fingerprint density at radius 1 is 1.67 bits per heavy atom. The van der Waals surface area contributed by atoms with Gasteiger partial charge in [-0.1, -0.05) is 0 Å². The van der Waals surface area contributed by atoms with Gasteiger partial charge in [-0.3, -0.25) is 4.79 Å². The van der Waals surface area contributed by atoms with Crippen LogP contribution in [0, 0.1) is 7.43 Å². The van der Waals surface area contributed by atoms with Crippen LogP contribution in [-0.4, -0.2) is 23.2 Å². The first-order chi connectivity index (χ1) is 5.09. The van der Waals surface area contributed by atoms with Crippen molar-refractivity contribution in [2.75, 3.05) is 0 Å². The van der Waals surface area contributed by atoms with Gasteiger partial charge < -0.3 is 28.4 Å². The summed E-state index contributed by atoms with van der Waals surface area (Å²) in [4.78, 5) is 13.1. The zero-order chi connectivity index (χ0) is 9.44. The zero-order valence-electron chi connectivity index (χ0n) is 7.02. The maximum absolute atomic E-state index is 10.1. The number of aliphatic hydroxyl groups excluding tert-OH is 1. The standard InChI is InChI=1S/C4H9NO4.CH3.O.Zn/c1-2(6)3(5)4(7)9-8;;;/h2-3,6,8H,5H2,1H3;1H3;;/q;-1;;/p-1/t2?,3-;;;/m0.../s1. The van der Waals surface area contributed by atoms with E-state index in [4.69, 9.17) is 14.4 Å². The molecule has 0 saturated heterocycles. The Balaban J connectivity index is -0.000000249. The Bertz CT molecular complexity index is 120. The van der Waals surface area contributed by atoms with Crippen LogP contribution in [0.2, 0.25) is 0 Å². The molecule has 0 saturated carbocycles. The van der Waals surface area contributed by atoms with Crippen molar-refractivity contribution in [3.05, 3.63) is 7.43 Å². The molecule has 0 aliphatic rings. The van der Waals surface area contributed by atoms with Gasteiger partial charge in [0.2, 0.25) is 0 Å². The molecule has 70 valence electrons. The van der Waals surface area contributed by atoms with Crippen molar-refractivity contribution in [2.24, 2.45) is 5.73 Å². The Morgan fingerprint density at radius 2 is 2.00 bits per heavy atom. The second kappa shape index (κ2) is 10.8. The van der Waals surface area contributed by atoms with Crippen molar-refractivity contribution in [2.45, 2.75) is 19.1 Å². The van der Waals surface area contributed by atoms with E-state index < -0.39 is 18.1 Å². The number of nitrogens with two attached hydrogens (primary N) is 1. The van der Waals surface area contributed by atoms with Crippen LogP contribution >= 0.6 is 0 Å². The molecule has 7 heteroatoms. The van der Waals surface area contributed by atoms with Gasteiger partial charge in [0.15, 0.2) is 0 Å². The van der Waals surface area contributed by atoms with Gasteiger partial charge in [0, 0.05) is 0 Å². The molecule has 0 rings (SSSR count). The molecular weight excluding hydrogens is 219 g/mol. The number of carbonyl (C=O) groups excluding carboxylic acids is 1. The fourth-order valence-corrected chi connectivity index (χ4v) is 0.252. The van der Waals surface area contributed by atoms with E-state index in [1.54, 1.807) is 0 Å². The van der Waals surface area contributed by atoms with Gasteiger partial charge in [0.1, 0.15) is 6.04 Å². The molecule has 0 radical (unpaired) electrons. The summed E-state index contributed by atoms with van der Waals surface area (Å²) >= 11 is 0.125. The topological polar surface area (TPSA) is 113 Å². The summed E-state index contributed by atoms with van der Waals surface area (Å²) in [6.45, 7) is 1.29. The van der Waals surface area contributed by atoms with E-state index in [0.29, 0.717) is 0 Å². The molecule has 6 nitrogen and oxygen atoms in total. The molecule has 12 heavy (non-hydrogen) atoms. The first-order valence-electron chi connectivity index (χ1n) is 2.65. The SMILES string of the molecule is CC(O)[C@H](N)C(=O)O[O-].[CH3-].[O]=[Zn]. The fraction of sp³-hybridized carbons (Fsp3) is 0.600. The van der Waals surface area contributed by atoms with Gasteiger partial charge in [-0.2, -0.15) is 0 Å². The number of hydrogen-bond acceptors (Lipinski definition) is 6. The van der Waals surface area contributed by atoms with Gasteiger partial charge in [-0.25, -0.2) is 0 Å². The Morgan fingerprint density at radius 3 is 2.08 bits per heavy atom. The van der Waals surface area contributed by atoms with Crippen molar-refractivity contribution in [3.63, 3.8) is 0 Å². The Hall–Kier alpha value is -0.227. The predicted octanol–water partition coefficient (Wildman–Crippen LogP) is -2.16. The molecule has 2 atom stereocenters. The second-order valence-electron chi connectivity index (χ2n) is 1.67. The molecule has 0 aromatic carbocycles. The molecule has 0 aromatic heterocycles. The van der Waals surface area contributed by atoms with Gasteiger partial charge in [-0.15, -0.1) is 0 Å². The fourth-order valence-electron chi connectivity index (χ4n) is 0.252. The first-order valence-corrected chi connectivity index (χ1v) is 3.87. The van der Waals surface area contributed by atoms with Crippen molar-refractivity contribution < 1.29 is 41.9 Å². The molecular formula is C5H11NO5Zn-2. The van der Waals surface area contributed by atoms with Crippen molar-refractivity contribution in [3.8, 4) is 0 Å². The third-order valence-corrected chi connectivity index (χ3v) is 0.874. The third-order valence-electron chi connectivity index (χ3n) is 0.874. The third kappa shape index (κ3) is 7.88. The molecule has 0 aliphatic heterocycles. The summed E-state index contributed by atoms with van der Waals surface area (Å²) in [5, 5.41) is 17.9. The quantitative estimate of drug-likeness (QED) is 0.242. The first kappa shape index (κ1) is 17.8. The number of aliphatic hydroxyl groups is 1. The number of carbonyl (C=O) groups is 1. The minimum atomic E-state index is -1.23. The second-order valence-corrected chi connectivity index (χ2v) is 1.67. The molecule has 0 spiro atoms. The molecule has 3 N–H and O–H groups in total. The van der Waals surface area contributed by atoms with Gasteiger partial charge >= 0.3 is 27.8 Å². The van der Waals surface area contributed by atoms with Crippen LogP contribution in [0.15, 0.2) is 0 Å². The number of rotatable bonds is 2. The monoisotopic (exact) mass is 229 g/mol. The van der Waals surface area contributed by atoms with Gasteiger partial charge in [-0.05, 0) is 6.92 Å². The Kier molecular flexibility index (Phi) is 15.9. The van der Waals surface area contributed by atoms with Crippen molar-refractivity contribution in [1.29, 1.82) is 0 Å². The average molecular weight is 231 g/mol. The molecule has 0 bridgehead atoms. The summed E-state index contributed by atoms with van der Waals surface area (Å²) in [5.41, 5.74) is 4.95.